The molecule has 0 aliphatic rings. The van der Waals surface area contributed by atoms with Crippen LogP contribution >= 0.6 is 15.9 Å². The van der Waals surface area contributed by atoms with Crippen LogP contribution in [0.4, 0.5) is 0 Å². The largest absolute Gasteiger partial charge is 0.289 e. The summed E-state index contributed by atoms with van der Waals surface area (Å²) in [5, 5.41) is 0. The van der Waals surface area contributed by atoms with Crippen molar-refractivity contribution in [2.24, 2.45) is 0 Å². The molecule has 0 aliphatic heterocycles. The lowest BCUT2D eigenvalue weighted by Gasteiger charge is -2.10. The van der Waals surface area contributed by atoms with E-state index in [1.165, 1.54) is 5.56 Å². The second-order valence-corrected chi connectivity index (χ2v) is 5.90. The number of carbonyl (C=O) groups is 1. The highest BCUT2D eigenvalue weighted by Gasteiger charge is 2.13. The smallest absolute Gasteiger partial charge is 0.193 e. The molecule has 1 nitrogen and oxygen atoms in total. The van der Waals surface area contributed by atoms with E-state index in [0.717, 1.165) is 32.3 Å². The highest BCUT2D eigenvalue weighted by Crippen LogP contribution is 2.22. The summed E-state index contributed by atoms with van der Waals surface area (Å²) in [6.07, 6.45) is 0. The Balaban J connectivity index is 2.49. The summed E-state index contributed by atoms with van der Waals surface area (Å²) < 4.78 is 1.03. The van der Waals surface area contributed by atoms with Crippen LogP contribution in [0.2, 0.25) is 0 Å². The molecule has 0 amide bonds. The summed E-state index contributed by atoms with van der Waals surface area (Å²) >= 11 is 3.46. The fraction of sp³-hybridized carbons (Fsp3) is 0.235. The lowest BCUT2D eigenvalue weighted by atomic mass is 9.94. The zero-order valence-corrected chi connectivity index (χ0v) is 13.3. The molecule has 0 heterocycles. The molecular formula is C17H17BrO. The Morgan fingerprint density at radius 2 is 1.47 bits per heavy atom. The van der Waals surface area contributed by atoms with Crippen LogP contribution < -0.4 is 0 Å². The van der Waals surface area contributed by atoms with Crippen LogP contribution in [0.3, 0.4) is 0 Å². The molecule has 2 aromatic carbocycles. The van der Waals surface area contributed by atoms with Crippen molar-refractivity contribution >= 4 is 21.7 Å². The maximum absolute atomic E-state index is 12.6. The third kappa shape index (κ3) is 2.79. The van der Waals surface area contributed by atoms with Gasteiger partial charge in [0.1, 0.15) is 0 Å². The molecule has 2 aromatic rings. The number of benzene rings is 2. The minimum atomic E-state index is 0.0937. The molecule has 0 aromatic heterocycles. The molecule has 0 spiro atoms. The minimum Gasteiger partial charge on any atom is -0.289 e. The Bertz CT molecular complexity index is 657. The number of rotatable bonds is 2. The zero-order valence-electron chi connectivity index (χ0n) is 11.7. The summed E-state index contributed by atoms with van der Waals surface area (Å²) in [4.78, 5) is 12.6. The van der Waals surface area contributed by atoms with E-state index in [4.69, 9.17) is 0 Å². The summed E-state index contributed by atoms with van der Waals surface area (Å²) in [5.74, 6) is 0.0937. The number of ketones is 1. The third-order valence-electron chi connectivity index (χ3n) is 3.51. The van der Waals surface area contributed by atoms with Crippen molar-refractivity contribution in [2.45, 2.75) is 27.7 Å². The van der Waals surface area contributed by atoms with Crippen LogP contribution in [-0.2, 0) is 0 Å². The maximum atomic E-state index is 12.6. The quantitative estimate of drug-likeness (QED) is 0.719. The van der Waals surface area contributed by atoms with Gasteiger partial charge in [-0.2, -0.15) is 0 Å². The number of hydrogen-bond donors (Lipinski definition) is 0. The molecule has 0 saturated heterocycles. The number of aryl methyl sites for hydroxylation is 4. The molecule has 0 radical (unpaired) electrons. The van der Waals surface area contributed by atoms with E-state index < -0.39 is 0 Å². The van der Waals surface area contributed by atoms with Gasteiger partial charge in [-0.15, -0.1) is 0 Å². The van der Waals surface area contributed by atoms with Gasteiger partial charge in [-0.05, 0) is 74.2 Å². The summed E-state index contributed by atoms with van der Waals surface area (Å²) in [6.45, 7) is 8.10. The van der Waals surface area contributed by atoms with E-state index in [2.05, 4.69) is 28.9 Å². The lowest BCUT2D eigenvalue weighted by Crippen LogP contribution is -2.05. The van der Waals surface area contributed by atoms with Crippen LogP contribution in [0, 0.1) is 27.7 Å². The van der Waals surface area contributed by atoms with E-state index in [9.17, 15) is 4.79 Å². The van der Waals surface area contributed by atoms with E-state index in [0.29, 0.717) is 0 Å². The first-order chi connectivity index (χ1) is 8.90. The second-order valence-electron chi connectivity index (χ2n) is 5.04. The van der Waals surface area contributed by atoms with Gasteiger partial charge in [0.25, 0.3) is 0 Å². The number of halogens is 1. The first-order valence-corrected chi connectivity index (χ1v) is 7.08. The van der Waals surface area contributed by atoms with Gasteiger partial charge in [-0.25, -0.2) is 0 Å². The van der Waals surface area contributed by atoms with Gasteiger partial charge in [0.2, 0.25) is 0 Å². The molecule has 98 valence electrons. The van der Waals surface area contributed by atoms with Gasteiger partial charge < -0.3 is 0 Å². The Labute approximate surface area is 122 Å². The van der Waals surface area contributed by atoms with Crippen LogP contribution in [-0.4, -0.2) is 5.78 Å². The fourth-order valence-corrected chi connectivity index (χ4v) is 2.39. The predicted molar refractivity (Wildman–Crippen MR) is 83.0 cm³/mol. The first kappa shape index (κ1) is 14.0. The molecule has 0 saturated carbocycles. The Hall–Kier alpha value is -1.41. The maximum Gasteiger partial charge on any atom is 0.193 e. The third-order valence-corrected chi connectivity index (χ3v) is 4.40. The van der Waals surface area contributed by atoms with Gasteiger partial charge in [0, 0.05) is 15.6 Å². The number of carbonyl (C=O) groups excluding carboxylic acids is 1. The van der Waals surface area contributed by atoms with Crippen molar-refractivity contribution in [1.82, 2.24) is 0 Å². The van der Waals surface area contributed by atoms with Crippen molar-refractivity contribution in [3.8, 4) is 0 Å². The van der Waals surface area contributed by atoms with Crippen molar-refractivity contribution in [1.29, 1.82) is 0 Å². The SMILES string of the molecule is Cc1cc(C)c(C(=O)c2ccc(Br)c(C)c2)cc1C. The van der Waals surface area contributed by atoms with Crippen molar-refractivity contribution in [2.75, 3.05) is 0 Å². The van der Waals surface area contributed by atoms with E-state index in [1.54, 1.807) is 0 Å². The Morgan fingerprint density at radius 1 is 0.842 bits per heavy atom. The molecule has 19 heavy (non-hydrogen) atoms. The molecule has 0 atom stereocenters. The van der Waals surface area contributed by atoms with E-state index >= 15 is 0 Å². The average molecular weight is 317 g/mol. The van der Waals surface area contributed by atoms with Gasteiger partial charge in [0.15, 0.2) is 5.78 Å². The van der Waals surface area contributed by atoms with Crippen LogP contribution in [0.25, 0.3) is 0 Å². The molecule has 0 aliphatic carbocycles. The van der Waals surface area contributed by atoms with Crippen molar-refractivity contribution < 1.29 is 4.79 Å². The van der Waals surface area contributed by atoms with Crippen LogP contribution in [0.15, 0.2) is 34.8 Å². The standard InChI is InChI=1S/C17H17BrO/c1-10-7-12(3)15(9-11(10)2)17(19)14-5-6-16(18)13(4)8-14/h5-9H,1-4H3. The van der Waals surface area contributed by atoms with Gasteiger partial charge in [-0.1, -0.05) is 22.0 Å². The summed E-state index contributed by atoms with van der Waals surface area (Å²) in [5.41, 5.74) is 6.03. The van der Waals surface area contributed by atoms with Gasteiger partial charge >= 0.3 is 0 Å². The van der Waals surface area contributed by atoms with Gasteiger partial charge in [0.05, 0.1) is 0 Å². The van der Waals surface area contributed by atoms with E-state index in [1.807, 2.05) is 45.0 Å². The summed E-state index contributed by atoms with van der Waals surface area (Å²) in [6, 6.07) is 9.80. The molecule has 0 N–H and O–H groups in total. The van der Waals surface area contributed by atoms with Crippen LogP contribution in [0.5, 0.6) is 0 Å². The van der Waals surface area contributed by atoms with Crippen molar-refractivity contribution in [3.63, 3.8) is 0 Å². The first-order valence-electron chi connectivity index (χ1n) is 6.29. The molecule has 0 bridgehead atoms. The summed E-state index contributed by atoms with van der Waals surface area (Å²) in [7, 11) is 0. The van der Waals surface area contributed by atoms with E-state index in [-0.39, 0.29) is 5.78 Å². The van der Waals surface area contributed by atoms with Crippen LogP contribution in [0.1, 0.15) is 38.2 Å². The molecule has 2 rings (SSSR count). The highest BCUT2D eigenvalue weighted by atomic mass is 79.9. The Morgan fingerprint density at radius 3 is 2.11 bits per heavy atom. The highest BCUT2D eigenvalue weighted by molar-refractivity contribution is 9.10. The molecule has 2 heteroatoms. The Kier molecular flexibility index (Phi) is 3.91. The predicted octanol–water partition coefficient (Wildman–Crippen LogP) is 4.91. The monoisotopic (exact) mass is 316 g/mol. The fourth-order valence-electron chi connectivity index (χ4n) is 2.15. The topological polar surface area (TPSA) is 17.1 Å². The minimum absolute atomic E-state index is 0.0937. The average Bonchev–Trinajstić information content (AvgIpc) is 2.36. The normalized spacial score (nSPS) is 10.6. The van der Waals surface area contributed by atoms with Crippen molar-refractivity contribution in [3.05, 3.63) is 68.2 Å². The van der Waals surface area contributed by atoms with Gasteiger partial charge in [-0.3, -0.25) is 4.79 Å². The zero-order chi connectivity index (χ0) is 14.2. The molecule has 0 unspecified atom stereocenters. The number of hydrogen-bond acceptors (Lipinski definition) is 1. The second kappa shape index (κ2) is 5.30. The lowest BCUT2D eigenvalue weighted by molar-refractivity contribution is 0.103. The molecule has 0 fully saturated rings. The molecular weight excluding hydrogens is 300 g/mol.